The van der Waals surface area contributed by atoms with Gasteiger partial charge in [0.2, 0.25) is 6.79 Å². The molecule has 0 spiro atoms. The molecule has 2 aliphatic heterocycles. The van der Waals surface area contributed by atoms with E-state index in [9.17, 15) is 9.59 Å². The van der Waals surface area contributed by atoms with Crippen molar-refractivity contribution in [2.45, 2.75) is 16.5 Å². The average Bonchev–Trinajstić information content (AvgIpc) is 3.46. The maximum Gasteiger partial charge on any atom is 0.293 e. The molecule has 10 heteroatoms. The lowest BCUT2D eigenvalue weighted by Crippen LogP contribution is -2.27. The summed E-state index contributed by atoms with van der Waals surface area (Å²) in [6, 6.07) is 14.2. The van der Waals surface area contributed by atoms with Crippen LogP contribution in [0, 0.1) is 0 Å². The molecule has 0 unspecified atom stereocenters. The Labute approximate surface area is 201 Å². The van der Waals surface area contributed by atoms with Crippen LogP contribution in [-0.4, -0.2) is 22.8 Å². The van der Waals surface area contributed by atoms with E-state index in [0.717, 1.165) is 21.6 Å². The summed E-state index contributed by atoms with van der Waals surface area (Å²) in [7, 11) is 0. The monoisotopic (exact) mass is 505 g/mol. The molecule has 0 saturated carbocycles. The van der Waals surface area contributed by atoms with Gasteiger partial charge in [-0.15, -0.1) is 0 Å². The van der Waals surface area contributed by atoms with E-state index in [2.05, 4.69) is 0 Å². The van der Waals surface area contributed by atoms with Gasteiger partial charge in [0.25, 0.3) is 11.1 Å². The molecule has 0 bridgehead atoms. The Hall–Kier alpha value is -2.52. The predicted molar refractivity (Wildman–Crippen MR) is 123 cm³/mol. The van der Waals surface area contributed by atoms with Crippen molar-refractivity contribution in [3.63, 3.8) is 0 Å². The van der Waals surface area contributed by atoms with Gasteiger partial charge in [-0.05, 0) is 59.8 Å². The fourth-order valence-corrected chi connectivity index (χ4v) is 5.04. The third-order valence-electron chi connectivity index (χ3n) is 4.65. The van der Waals surface area contributed by atoms with Gasteiger partial charge in [0.15, 0.2) is 16.6 Å². The summed E-state index contributed by atoms with van der Waals surface area (Å²) >= 11 is 14.5. The van der Waals surface area contributed by atoms with Crippen LogP contribution in [0.2, 0.25) is 10.0 Å². The van der Waals surface area contributed by atoms with Gasteiger partial charge < -0.3 is 13.9 Å². The molecule has 0 atom stereocenters. The Morgan fingerprint density at radius 1 is 1.03 bits per heavy atom. The van der Waals surface area contributed by atoms with Crippen molar-refractivity contribution in [1.29, 1.82) is 0 Å². The van der Waals surface area contributed by atoms with Crippen molar-refractivity contribution in [1.82, 2.24) is 4.90 Å². The number of amides is 2. The molecule has 0 N–H and O–H groups in total. The number of halogens is 2. The lowest BCUT2D eigenvalue weighted by Gasteiger charge is -2.14. The minimum absolute atomic E-state index is 0.0350. The number of carbonyl (C=O) groups is 2. The molecular weight excluding hydrogens is 493 g/mol. The third kappa shape index (κ3) is 4.36. The quantitative estimate of drug-likeness (QED) is 0.357. The summed E-state index contributed by atoms with van der Waals surface area (Å²) in [5.74, 6) is 1.15. The number of carbonyl (C=O) groups excluding carboxylic acids is 2. The number of fused-ring (bicyclic) bond motifs is 1. The van der Waals surface area contributed by atoms with Crippen LogP contribution < -0.4 is 9.47 Å². The van der Waals surface area contributed by atoms with Crippen molar-refractivity contribution in [2.75, 3.05) is 6.79 Å². The number of benzene rings is 2. The first kappa shape index (κ1) is 21.3. The molecule has 3 heterocycles. The minimum Gasteiger partial charge on any atom is -0.454 e. The minimum atomic E-state index is -0.406. The molecule has 2 amide bonds. The summed E-state index contributed by atoms with van der Waals surface area (Å²) in [4.78, 5) is 27.7. The number of ether oxygens (including phenoxy) is 2. The zero-order valence-electron chi connectivity index (χ0n) is 16.2. The summed E-state index contributed by atoms with van der Waals surface area (Å²) < 4.78 is 16.4. The molecule has 0 aliphatic carbocycles. The van der Waals surface area contributed by atoms with E-state index in [1.807, 2.05) is 18.2 Å². The highest BCUT2D eigenvalue weighted by molar-refractivity contribution is 8.18. The van der Waals surface area contributed by atoms with E-state index in [4.69, 9.17) is 37.1 Å². The number of imide groups is 1. The third-order valence-corrected chi connectivity index (χ3v) is 7.09. The Morgan fingerprint density at radius 3 is 2.56 bits per heavy atom. The van der Waals surface area contributed by atoms with Gasteiger partial charge in [-0.25, -0.2) is 0 Å². The number of nitrogens with zero attached hydrogens (tertiary/aromatic N) is 1. The molecule has 5 rings (SSSR count). The summed E-state index contributed by atoms with van der Waals surface area (Å²) in [5.41, 5.74) is 0.596. The maximum absolute atomic E-state index is 12.9. The summed E-state index contributed by atoms with van der Waals surface area (Å²) in [6.45, 7) is 0.147. The highest BCUT2D eigenvalue weighted by Crippen LogP contribution is 2.40. The van der Waals surface area contributed by atoms with Gasteiger partial charge >= 0.3 is 0 Å². The molecule has 3 aromatic rings. The molecule has 6 nitrogen and oxygen atoms in total. The standard InChI is InChI=1S/C22H13Cl2NO5S2/c23-13-1-4-15(5-2-13)31-20-6-3-14(30-20)8-19-21(26)25(22(27)32-19)10-12-7-17-18(9-16(12)24)29-11-28-17/h1-9H,10-11H2/b19-8-. The zero-order valence-corrected chi connectivity index (χ0v) is 19.3. The Balaban J connectivity index is 1.31. The van der Waals surface area contributed by atoms with E-state index in [-0.39, 0.29) is 23.5 Å². The first-order valence-electron chi connectivity index (χ1n) is 9.33. The smallest absolute Gasteiger partial charge is 0.293 e. The highest BCUT2D eigenvalue weighted by atomic mass is 35.5. The Morgan fingerprint density at radius 2 is 1.78 bits per heavy atom. The molecule has 0 radical (unpaired) electrons. The van der Waals surface area contributed by atoms with Crippen LogP contribution in [0.15, 0.2) is 67.8 Å². The topological polar surface area (TPSA) is 69.0 Å². The fourth-order valence-electron chi connectivity index (χ4n) is 3.10. The molecule has 32 heavy (non-hydrogen) atoms. The lowest BCUT2D eigenvalue weighted by molar-refractivity contribution is -0.123. The van der Waals surface area contributed by atoms with Gasteiger partial charge in [0, 0.05) is 27.1 Å². The van der Waals surface area contributed by atoms with Crippen molar-refractivity contribution < 1.29 is 23.5 Å². The fraction of sp³-hybridized carbons (Fsp3) is 0.0909. The average molecular weight is 506 g/mol. The van der Waals surface area contributed by atoms with E-state index in [1.165, 1.54) is 11.8 Å². The molecular formula is C22H13Cl2NO5S2. The van der Waals surface area contributed by atoms with Gasteiger partial charge in [-0.1, -0.05) is 35.0 Å². The number of hydrogen-bond acceptors (Lipinski definition) is 7. The van der Waals surface area contributed by atoms with Crippen LogP contribution in [0.1, 0.15) is 11.3 Å². The van der Waals surface area contributed by atoms with Crippen LogP contribution in [0.5, 0.6) is 11.5 Å². The predicted octanol–water partition coefficient (Wildman–Crippen LogP) is 6.70. The Kier molecular flexibility index (Phi) is 5.86. The number of rotatable bonds is 5. The Bertz CT molecular complexity index is 1260. The van der Waals surface area contributed by atoms with Crippen molar-refractivity contribution in [3.05, 3.63) is 74.8 Å². The maximum atomic E-state index is 12.9. The second-order valence-electron chi connectivity index (χ2n) is 6.78. The van der Waals surface area contributed by atoms with Crippen molar-refractivity contribution in [2.24, 2.45) is 0 Å². The van der Waals surface area contributed by atoms with Gasteiger partial charge in [0.05, 0.1) is 11.4 Å². The molecule has 1 saturated heterocycles. The van der Waals surface area contributed by atoms with Crippen LogP contribution in [-0.2, 0) is 11.3 Å². The second-order valence-corrected chi connectivity index (χ2v) is 9.69. The molecule has 2 aliphatic rings. The normalized spacial score (nSPS) is 16.4. The largest absolute Gasteiger partial charge is 0.454 e. The van der Waals surface area contributed by atoms with Crippen LogP contribution >= 0.6 is 46.7 Å². The number of thioether (sulfide) groups is 1. The zero-order chi connectivity index (χ0) is 22.2. The van der Waals surface area contributed by atoms with E-state index < -0.39 is 5.91 Å². The van der Waals surface area contributed by atoms with Crippen molar-refractivity contribution in [3.8, 4) is 11.5 Å². The van der Waals surface area contributed by atoms with Crippen molar-refractivity contribution >= 4 is 63.9 Å². The van der Waals surface area contributed by atoms with Crippen LogP contribution in [0.4, 0.5) is 4.79 Å². The second kappa shape index (κ2) is 8.78. The molecule has 2 aromatic carbocycles. The number of furan rings is 1. The van der Waals surface area contributed by atoms with E-state index >= 15 is 0 Å². The first-order chi connectivity index (χ1) is 15.5. The molecule has 1 aromatic heterocycles. The lowest BCUT2D eigenvalue weighted by atomic mass is 10.2. The summed E-state index contributed by atoms with van der Waals surface area (Å²) in [6.07, 6.45) is 1.57. The van der Waals surface area contributed by atoms with Gasteiger partial charge in [-0.3, -0.25) is 14.5 Å². The number of hydrogen-bond donors (Lipinski definition) is 0. The van der Waals surface area contributed by atoms with E-state index in [0.29, 0.717) is 38.0 Å². The van der Waals surface area contributed by atoms with Gasteiger partial charge in [0.1, 0.15) is 5.76 Å². The van der Waals surface area contributed by atoms with Gasteiger partial charge in [-0.2, -0.15) is 0 Å². The van der Waals surface area contributed by atoms with Crippen LogP contribution in [0.3, 0.4) is 0 Å². The summed E-state index contributed by atoms with van der Waals surface area (Å²) in [5, 5.41) is 1.33. The van der Waals surface area contributed by atoms with Crippen LogP contribution in [0.25, 0.3) is 6.08 Å². The molecule has 1 fully saturated rings. The highest BCUT2D eigenvalue weighted by Gasteiger charge is 2.36. The first-order valence-corrected chi connectivity index (χ1v) is 11.7. The van der Waals surface area contributed by atoms with E-state index in [1.54, 1.807) is 36.4 Å². The SMILES string of the molecule is O=C1S/C(=C\c2ccc(Sc3ccc(Cl)cc3)o2)C(=O)N1Cc1cc2c(cc1Cl)OCO2. The molecule has 162 valence electrons.